The summed E-state index contributed by atoms with van der Waals surface area (Å²) in [5, 5.41) is 13.2. The van der Waals surface area contributed by atoms with Gasteiger partial charge in [-0.2, -0.15) is 0 Å². The minimum absolute atomic E-state index is 0.0347. The Balaban J connectivity index is 1.11. The number of aromatic amines is 1. The monoisotopic (exact) mass is 514 g/mol. The second kappa shape index (κ2) is 11.5. The van der Waals surface area contributed by atoms with Gasteiger partial charge in [-0.3, -0.25) is 0 Å². The van der Waals surface area contributed by atoms with Crippen LogP contribution in [0.15, 0.2) is 42.5 Å². The van der Waals surface area contributed by atoms with Crippen LogP contribution >= 0.6 is 0 Å². The zero-order chi connectivity index (χ0) is 25.8. The number of ether oxygens (including phenoxy) is 2. The molecule has 8 nitrogen and oxygen atoms in total. The van der Waals surface area contributed by atoms with Crippen molar-refractivity contribution in [2.75, 3.05) is 39.3 Å². The number of aliphatic hydroxyl groups excluding tert-OH is 1. The molecular formula is C27H32F2N4O4. The Morgan fingerprint density at radius 3 is 2.30 bits per heavy atom. The maximum absolute atomic E-state index is 13.5. The molecule has 0 bridgehead atoms. The number of carbonyl (C=O) groups is 1. The van der Waals surface area contributed by atoms with Crippen molar-refractivity contribution in [3.05, 3.63) is 54.1 Å². The van der Waals surface area contributed by atoms with Crippen molar-refractivity contribution in [1.29, 1.82) is 0 Å². The summed E-state index contributed by atoms with van der Waals surface area (Å²) in [6.45, 7) is 5.73. The molecule has 1 aromatic heterocycles. The topological polar surface area (TPSA) is 90.1 Å². The van der Waals surface area contributed by atoms with E-state index in [4.69, 9.17) is 9.47 Å². The van der Waals surface area contributed by atoms with Crippen LogP contribution in [-0.4, -0.2) is 77.4 Å². The van der Waals surface area contributed by atoms with Crippen molar-refractivity contribution in [3.63, 3.8) is 0 Å². The summed E-state index contributed by atoms with van der Waals surface area (Å²) in [5.41, 5.74) is 0.661. The third-order valence-corrected chi connectivity index (χ3v) is 7.07. The number of amides is 1. The Morgan fingerprint density at radius 2 is 1.62 bits per heavy atom. The van der Waals surface area contributed by atoms with Crippen LogP contribution in [0.2, 0.25) is 0 Å². The van der Waals surface area contributed by atoms with Gasteiger partial charge < -0.3 is 34.7 Å². The Kier molecular flexibility index (Phi) is 7.87. The van der Waals surface area contributed by atoms with Crippen LogP contribution in [0, 0.1) is 11.6 Å². The van der Waals surface area contributed by atoms with E-state index in [9.17, 15) is 18.7 Å². The highest BCUT2D eigenvalue weighted by Gasteiger charge is 2.23. The van der Waals surface area contributed by atoms with E-state index in [0.717, 1.165) is 83.2 Å². The van der Waals surface area contributed by atoms with Crippen molar-refractivity contribution in [2.24, 2.45) is 0 Å². The molecule has 10 heteroatoms. The summed E-state index contributed by atoms with van der Waals surface area (Å²) in [6, 6.07) is 9.85. The molecule has 3 heterocycles. The fourth-order valence-electron chi connectivity index (χ4n) is 4.98. The number of carbonyl (C=O) groups excluding carboxylic acids is 1. The van der Waals surface area contributed by atoms with Gasteiger partial charge in [0.05, 0.1) is 11.6 Å². The molecular weight excluding hydrogens is 482 g/mol. The predicted octanol–water partition coefficient (Wildman–Crippen LogP) is 4.25. The number of nitrogens with zero attached hydrogens (tertiary/aromatic N) is 2. The van der Waals surface area contributed by atoms with Gasteiger partial charge in [-0.15, -0.1) is 0 Å². The van der Waals surface area contributed by atoms with E-state index in [1.54, 1.807) is 24.3 Å². The van der Waals surface area contributed by atoms with E-state index in [-0.39, 0.29) is 23.8 Å². The van der Waals surface area contributed by atoms with Crippen LogP contribution in [0.25, 0.3) is 10.9 Å². The van der Waals surface area contributed by atoms with Crippen LogP contribution in [0.1, 0.15) is 25.7 Å². The third kappa shape index (κ3) is 6.76. The lowest BCUT2D eigenvalue weighted by molar-refractivity contribution is 0.0739. The first-order valence-corrected chi connectivity index (χ1v) is 12.8. The van der Waals surface area contributed by atoms with E-state index in [2.05, 4.69) is 20.1 Å². The highest BCUT2D eigenvalue weighted by atomic mass is 19.1. The quantitative estimate of drug-likeness (QED) is 0.437. The van der Waals surface area contributed by atoms with Crippen molar-refractivity contribution in [1.82, 2.24) is 20.1 Å². The molecule has 2 aliphatic rings. The molecule has 2 saturated heterocycles. The number of nitrogens with one attached hydrogen (secondary N) is 2. The van der Waals surface area contributed by atoms with E-state index < -0.39 is 17.7 Å². The van der Waals surface area contributed by atoms with Gasteiger partial charge in [0.15, 0.2) is 0 Å². The van der Waals surface area contributed by atoms with Gasteiger partial charge in [0.1, 0.15) is 23.1 Å². The average molecular weight is 515 g/mol. The molecule has 2 aromatic carbocycles. The van der Waals surface area contributed by atoms with Crippen molar-refractivity contribution >= 4 is 17.0 Å². The fourth-order valence-corrected chi connectivity index (χ4v) is 4.98. The molecule has 0 aliphatic carbocycles. The summed E-state index contributed by atoms with van der Waals surface area (Å²) >= 11 is 0. The number of rotatable bonds is 7. The maximum Gasteiger partial charge on any atom is 0.414 e. The Bertz CT molecular complexity index is 1200. The molecule has 0 atom stereocenters. The van der Waals surface area contributed by atoms with E-state index in [1.807, 2.05) is 0 Å². The number of fused-ring (bicyclic) bond motifs is 1. The van der Waals surface area contributed by atoms with Gasteiger partial charge >= 0.3 is 6.09 Å². The molecule has 0 unspecified atom stereocenters. The Hall–Kier alpha value is -3.21. The van der Waals surface area contributed by atoms with Crippen molar-refractivity contribution < 1.29 is 28.2 Å². The normalized spacial score (nSPS) is 18.2. The van der Waals surface area contributed by atoms with Crippen molar-refractivity contribution in [3.8, 4) is 17.4 Å². The first kappa shape index (κ1) is 25.4. The minimum Gasteiger partial charge on any atom is -0.456 e. The average Bonchev–Trinajstić information content (AvgIpc) is 3.27. The largest absolute Gasteiger partial charge is 0.456 e. The number of aliphatic hydroxyl groups is 1. The van der Waals surface area contributed by atoms with E-state index in [1.165, 1.54) is 0 Å². The van der Waals surface area contributed by atoms with Crippen LogP contribution < -0.4 is 14.8 Å². The molecule has 0 radical (unpaired) electrons. The number of halogens is 2. The molecule has 1 amide bonds. The van der Waals surface area contributed by atoms with Gasteiger partial charge in [-0.25, -0.2) is 13.6 Å². The summed E-state index contributed by atoms with van der Waals surface area (Å²) in [4.78, 5) is 20.4. The number of aromatic nitrogens is 1. The lowest BCUT2D eigenvalue weighted by atomic mass is 10.1. The number of hydrogen-bond donors (Lipinski definition) is 3. The molecule has 2 aliphatic heterocycles. The van der Waals surface area contributed by atoms with E-state index >= 15 is 0 Å². The molecule has 198 valence electrons. The maximum atomic E-state index is 13.5. The number of hydrogen-bond acceptors (Lipinski definition) is 6. The Morgan fingerprint density at radius 1 is 0.973 bits per heavy atom. The predicted molar refractivity (Wildman–Crippen MR) is 135 cm³/mol. The number of H-pyrrole nitrogens is 1. The third-order valence-electron chi connectivity index (χ3n) is 7.07. The van der Waals surface area contributed by atoms with Crippen molar-refractivity contribution in [2.45, 2.75) is 37.8 Å². The number of piperidine rings is 2. The lowest BCUT2D eigenvalue weighted by Gasteiger charge is -2.35. The summed E-state index contributed by atoms with van der Waals surface area (Å²) < 4.78 is 38.2. The number of benzene rings is 2. The molecule has 0 saturated carbocycles. The second-order valence-electron chi connectivity index (χ2n) is 9.78. The smallest absolute Gasteiger partial charge is 0.414 e. The highest BCUT2D eigenvalue weighted by Crippen LogP contribution is 2.33. The molecule has 37 heavy (non-hydrogen) atoms. The first-order valence-electron chi connectivity index (χ1n) is 12.8. The van der Waals surface area contributed by atoms with Gasteiger partial charge in [-0.05, 0) is 37.8 Å². The molecule has 2 fully saturated rings. The Labute approximate surface area is 214 Å². The lowest BCUT2D eigenvalue weighted by Crippen LogP contribution is -2.47. The van der Waals surface area contributed by atoms with Gasteiger partial charge in [0.25, 0.3) is 0 Å². The number of likely N-dealkylation sites (tertiary alicyclic amines) is 2. The van der Waals surface area contributed by atoms with Crippen LogP contribution in [-0.2, 0) is 0 Å². The van der Waals surface area contributed by atoms with Crippen LogP contribution in [0.4, 0.5) is 13.6 Å². The fraction of sp³-hybridized carbons (Fsp3) is 0.444. The molecule has 3 aromatic rings. The van der Waals surface area contributed by atoms with Gasteiger partial charge in [0, 0.05) is 75.0 Å². The molecule has 5 rings (SSSR count). The van der Waals surface area contributed by atoms with Crippen LogP contribution in [0.5, 0.6) is 17.4 Å². The highest BCUT2D eigenvalue weighted by molar-refractivity contribution is 5.88. The standard InChI is InChI=1S/C27H32F2N4O4/c28-18-14-19(29)16-22(15-18)36-25-3-1-2-24-23(25)17-26(31-24)37-27(35)30-20-4-8-32(9-5-20)12-13-33-10-6-21(34)7-11-33/h1-3,14-17,20-21,31,34H,4-13H2,(H,30,35). The zero-order valence-electron chi connectivity index (χ0n) is 20.6. The summed E-state index contributed by atoms with van der Waals surface area (Å²) in [7, 11) is 0. The SMILES string of the molecule is O=C(NC1CCN(CCN2CCC(O)CC2)CC1)Oc1cc2c(Oc3cc(F)cc(F)c3)cccc2[nH]1. The summed E-state index contributed by atoms with van der Waals surface area (Å²) in [5.74, 6) is -0.802. The zero-order valence-corrected chi connectivity index (χ0v) is 20.6. The van der Waals surface area contributed by atoms with E-state index in [0.29, 0.717) is 16.7 Å². The minimum atomic E-state index is -0.731. The summed E-state index contributed by atoms with van der Waals surface area (Å²) in [6.07, 6.45) is 2.72. The molecule has 0 spiro atoms. The van der Waals surface area contributed by atoms with Gasteiger partial charge in [0.2, 0.25) is 5.88 Å². The van der Waals surface area contributed by atoms with Gasteiger partial charge in [-0.1, -0.05) is 6.07 Å². The first-order chi connectivity index (χ1) is 17.9. The second-order valence-corrected chi connectivity index (χ2v) is 9.78. The molecule has 3 N–H and O–H groups in total. The van der Waals surface area contributed by atoms with Crippen LogP contribution in [0.3, 0.4) is 0 Å².